The smallest absolute Gasteiger partial charge is 0.0346 e. The van der Waals surface area contributed by atoms with Crippen molar-refractivity contribution in [2.75, 3.05) is 13.1 Å². The zero-order valence-corrected chi connectivity index (χ0v) is 15.1. The van der Waals surface area contributed by atoms with Gasteiger partial charge in [0.15, 0.2) is 0 Å². The molecule has 1 saturated carbocycles. The van der Waals surface area contributed by atoms with Crippen molar-refractivity contribution in [3.63, 3.8) is 0 Å². The van der Waals surface area contributed by atoms with Gasteiger partial charge in [0, 0.05) is 40.6 Å². The van der Waals surface area contributed by atoms with Gasteiger partial charge in [-0.05, 0) is 59.0 Å². The Labute approximate surface area is 135 Å². The van der Waals surface area contributed by atoms with E-state index in [-0.39, 0.29) is 0 Å². The Morgan fingerprint density at radius 2 is 2.25 bits per heavy atom. The van der Waals surface area contributed by atoms with E-state index in [9.17, 15) is 0 Å². The number of piperazine rings is 1. The van der Waals surface area contributed by atoms with E-state index in [4.69, 9.17) is 0 Å². The molecule has 1 aromatic heterocycles. The molecule has 1 aliphatic carbocycles. The van der Waals surface area contributed by atoms with E-state index in [0.717, 1.165) is 19.0 Å². The lowest BCUT2D eigenvalue weighted by Crippen LogP contribution is -2.65. The zero-order valence-electron chi connectivity index (χ0n) is 12.7. The first-order valence-electron chi connectivity index (χ1n) is 7.71. The number of hydrogen-bond acceptors (Lipinski definition) is 3. The minimum absolute atomic E-state index is 0.342. The number of nitrogens with one attached hydrogen (secondary N) is 1. The molecule has 0 spiro atoms. The molecule has 0 bridgehead atoms. The molecule has 4 heteroatoms. The van der Waals surface area contributed by atoms with E-state index in [1.54, 1.807) is 0 Å². The standard InChI is InChI=1S/C16H25BrN2S/c1-11(2)14-8-19(9-15-13(17)6-7-20-15)16(3,10-18-14)12-4-5-12/h6-7,11-12,14,18H,4-5,8-10H2,1-3H3. The summed E-state index contributed by atoms with van der Waals surface area (Å²) in [6, 6.07) is 2.80. The van der Waals surface area contributed by atoms with Crippen LogP contribution in [0.2, 0.25) is 0 Å². The van der Waals surface area contributed by atoms with Crippen LogP contribution in [0.1, 0.15) is 38.5 Å². The summed E-state index contributed by atoms with van der Waals surface area (Å²) in [5, 5.41) is 6.00. The lowest BCUT2D eigenvalue weighted by Gasteiger charge is -2.49. The molecule has 2 fully saturated rings. The first-order chi connectivity index (χ1) is 9.50. The molecule has 3 rings (SSSR count). The number of rotatable bonds is 4. The fourth-order valence-electron chi connectivity index (χ4n) is 3.37. The largest absolute Gasteiger partial charge is 0.311 e. The maximum absolute atomic E-state index is 3.80. The van der Waals surface area contributed by atoms with Crippen LogP contribution in [-0.4, -0.2) is 29.6 Å². The number of hydrogen-bond donors (Lipinski definition) is 1. The van der Waals surface area contributed by atoms with Crippen LogP contribution >= 0.6 is 27.3 Å². The number of halogens is 1. The summed E-state index contributed by atoms with van der Waals surface area (Å²) in [5.74, 6) is 1.59. The molecular weight excluding hydrogens is 332 g/mol. The van der Waals surface area contributed by atoms with Gasteiger partial charge in [0.05, 0.1) is 0 Å². The molecule has 2 atom stereocenters. The maximum atomic E-state index is 3.80. The Hall–Kier alpha value is 0.1000. The van der Waals surface area contributed by atoms with Crippen LogP contribution in [0.25, 0.3) is 0 Å². The second kappa shape index (κ2) is 5.71. The molecule has 2 nitrogen and oxygen atoms in total. The van der Waals surface area contributed by atoms with E-state index in [0.29, 0.717) is 17.5 Å². The third-order valence-electron chi connectivity index (χ3n) is 5.15. The highest BCUT2D eigenvalue weighted by Gasteiger charge is 2.48. The molecule has 2 heterocycles. The average Bonchev–Trinajstić information content (AvgIpc) is 3.18. The van der Waals surface area contributed by atoms with Crippen LogP contribution in [0.4, 0.5) is 0 Å². The number of nitrogens with zero attached hydrogens (tertiary/aromatic N) is 1. The predicted molar refractivity (Wildman–Crippen MR) is 90.2 cm³/mol. The van der Waals surface area contributed by atoms with Crippen molar-refractivity contribution in [3.8, 4) is 0 Å². The minimum atomic E-state index is 0.342. The van der Waals surface area contributed by atoms with Crippen molar-refractivity contribution in [2.24, 2.45) is 11.8 Å². The van der Waals surface area contributed by atoms with Gasteiger partial charge in [0.2, 0.25) is 0 Å². The summed E-state index contributed by atoms with van der Waals surface area (Å²) >= 11 is 5.57. The Morgan fingerprint density at radius 1 is 1.50 bits per heavy atom. The molecule has 0 radical (unpaired) electrons. The molecule has 112 valence electrons. The van der Waals surface area contributed by atoms with E-state index in [1.165, 1.54) is 28.7 Å². The van der Waals surface area contributed by atoms with Crippen molar-refractivity contribution >= 4 is 27.3 Å². The van der Waals surface area contributed by atoms with Gasteiger partial charge >= 0.3 is 0 Å². The van der Waals surface area contributed by atoms with Gasteiger partial charge in [-0.3, -0.25) is 4.90 Å². The van der Waals surface area contributed by atoms with Gasteiger partial charge < -0.3 is 5.32 Å². The van der Waals surface area contributed by atoms with E-state index < -0.39 is 0 Å². The van der Waals surface area contributed by atoms with Crippen molar-refractivity contribution < 1.29 is 0 Å². The lowest BCUT2D eigenvalue weighted by atomic mass is 9.87. The van der Waals surface area contributed by atoms with Crippen LogP contribution in [-0.2, 0) is 6.54 Å². The molecule has 1 saturated heterocycles. The molecule has 1 aliphatic heterocycles. The van der Waals surface area contributed by atoms with Crippen LogP contribution in [0.15, 0.2) is 15.9 Å². The van der Waals surface area contributed by atoms with Crippen LogP contribution in [0, 0.1) is 11.8 Å². The van der Waals surface area contributed by atoms with Crippen molar-refractivity contribution in [1.82, 2.24) is 10.2 Å². The third kappa shape index (κ3) is 2.85. The van der Waals surface area contributed by atoms with Gasteiger partial charge in [-0.1, -0.05) is 13.8 Å². The number of thiophene rings is 1. The highest BCUT2D eigenvalue weighted by Crippen LogP contribution is 2.45. The summed E-state index contributed by atoms with van der Waals surface area (Å²) in [7, 11) is 0. The monoisotopic (exact) mass is 356 g/mol. The van der Waals surface area contributed by atoms with Crippen molar-refractivity contribution in [1.29, 1.82) is 0 Å². The predicted octanol–water partition coefficient (Wildman–Crippen LogP) is 4.11. The van der Waals surface area contributed by atoms with Gasteiger partial charge in [-0.15, -0.1) is 11.3 Å². The Morgan fingerprint density at radius 3 is 2.80 bits per heavy atom. The molecule has 0 aromatic carbocycles. The Balaban J connectivity index is 1.79. The molecule has 20 heavy (non-hydrogen) atoms. The van der Waals surface area contributed by atoms with Gasteiger partial charge in [-0.25, -0.2) is 0 Å². The first kappa shape index (κ1) is 15.0. The Bertz CT molecular complexity index is 469. The van der Waals surface area contributed by atoms with Gasteiger partial charge in [0.1, 0.15) is 0 Å². The summed E-state index contributed by atoms with van der Waals surface area (Å²) < 4.78 is 1.28. The summed E-state index contributed by atoms with van der Waals surface area (Å²) in [6.45, 7) is 10.5. The van der Waals surface area contributed by atoms with Crippen LogP contribution in [0.3, 0.4) is 0 Å². The quantitative estimate of drug-likeness (QED) is 0.873. The minimum Gasteiger partial charge on any atom is -0.311 e. The van der Waals surface area contributed by atoms with Gasteiger partial charge in [0.25, 0.3) is 0 Å². The fraction of sp³-hybridized carbons (Fsp3) is 0.750. The highest BCUT2D eigenvalue weighted by molar-refractivity contribution is 9.10. The third-order valence-corrected chi connectivity index (χ3v) is 7.06. The molecule has 0 amide bonds. The van der Waals surface area contributed by atoms with Gasteiger partial charge in [-0.2, -0.15) is 0 Å². The zero-order chi connectivity index (χ0) is 14.3. The maximum Gasteiger partial charge on any atom is 0.0346 e. The first-order valence-corrected chi connectivity index (χ1v) is 9.38. The van der Waals surface area contributed by atoms with Crippen molar-refractivity contribution in [2.45, 2.75) is 51.7 Å². The second-order valence-electron chi connectivity index (χ2n) is 6.94. The van der Waals surface area contributed by atoms with E-state index in [2.05, 4.69) is 58.4 Å². The summed E-state index contributed by atoms with van der Waals surface area (Å²) in [5.41, 5.74) is 0.342. The molecule has 2 aliphatic rings. The topological polar surface area (TPSA) is 15.3 Å². The van der Waals surface area contributed by atoms with Crippen LogP contribution in [0.5, 0.6) is 0 Å². The van der Waals surface area contributed by atoms with Crippen molar-refractivity contribution in [3.05, 3.63) is 20.8 Å². The van der Waals surface area contributed by atoms with E-state index in [1.807, 2.05) is 11.3 Å². The second-order valence-corrected chi connectivity index (χ2v) is 8.79. The molecular formula is C16H25BrN2S. The molecule has 2 unspecified atom stereocenters. The highest BCUT2D eigenvalue weighted by atomic mass is 79.9. The van der Waals surface area contributed by atoms with Crippen LogP contribution < -0.4 is 5.32 Å². The summed E-state index contributed by atoms with van der Waals surface area (Å²) in [6.07, 6.45) is 2.82. The molecule has 1 N–H and O–H groups in total. The Kier molecular flexibility index (Phi) is 4.29. The normalized spacial score (nSPS) is 31.9. The lowest BCUT2D eigenvalue weighted by molar-refractivity contribution is 0.0193. The average molecular weight is 357 g/mol. The fourth-order valence-corrected chi connectivity index (χ4v) is 4.86. The SMILES string of the molecule is CC(C)C1CN(Cc2sccc2Br)C(C)(C2CC2)CN1. The van der Waals surface area contributed by atoms with E-state index >= 15 is 0 Å². The molecule has 1 aromatic rings. The summed E-state index contributed by atoms with van der Waals surface area (Å²) in [4.78, 5) is 4.23.